The average Bonchev–Trinajstić information content (AvgIpc) is 2.57. The van der Waals surface area contributed by atoms with Gasteiger partial charge in [0.1, 0.15) is 11.4 Å². The molecule has 0 radical (unpaired) electrons. The van der Waals surface area contributed by atoms with Crippen molar-refractivity contribution in [1.82, 2.24) is 9.38 Å². The summed E-state index contributed by atoms with van der Waals surface area (Å²) in [5.74, 6) is 1.49. The molecule has 0 saturated heterocycles. The van der Waals surface area contributed by atoms with Crippen LogP contribution in [-0.4, -0.2) is 16.5 Å². The van der Waals surface area contributed by atoms with Gasteiger partial charge in [-0.3, -0.25) is 0 Å². The minimum atomic E-state index is 0.636. The van der Waals surface area contributed by atoms with Gasteiger partial charge in [0.15, 0.2) is 0 Å². The molecular weight excluding hydrogens is 188 g/mol. The highest BCUT2D eigenvalue weighted by Gasteiger charge is 2.04. The maximum absolute atomic E-state index is 5.16. The number of aromatic nitrogens is 2. The normalized spacial score (nSPS) is 11.2. The molecule has 3 nitrogen and oxygen atoms in total. The molecule has 0 aliphatic carbocycles. The second-order valence-corrected chi connectivity index (χ2v) is 4.16. The van der Waals surface area contributed by atoms with Crippen LogP contribution in [0.2, 0.25) is 0 Å². The fourth-order valence-electron chi connectivity index (χ4n) is 1.66. The summed E-state index contributed by atoms with van der Waals surface area (Å²) in [4.78, 5) is 4.54. The van der Waals surface area contributed by atoms with Gasteiger partial charge in [0.25, 0.3) is 0 Å². The summed E-state index contributed by atoms with van der Waals surface area (Å²) in [7, 11) is 1.67. The molecule has 0 amide bonds. The minimum absolute atomic E-state index is 0.636. The first kappa shape index (κ1) is 10.0. The van der Waals surface area contributed by atoms with E-state index in [9.17, 15) is 0 Å². The van der Waals surface area contributed by atoms with Gasteiger partial charge in [0.2, 0.25) is 0 Å². The van der Waals surface area contributed by atoms with Gasteiger partial charge < -0.3 is 9.14 Å². The SMILES string of the molecule is COc1ccc2nc(CC(C)C)cn2c1. The molecule has 80 valence electrons. The van der Waals surface area contributed by atoms with Crippen molar-refractivity contribution < 1.29 is 4.74 Å². The van der Waals surface area contributed by atoms with Crippen molar-refractivity contribution in [2.75, 3.05) is 7.11 Å². The van der Waals surface area contributed by atoms with Gasteiger partial charge in [-0.1, -0.05) is 13.8 Å². The molecule has 2 aromatic rings. The van der Waals surface area contributed by atoms with E-state index in [0.717, 1.165) is 23.5 Å². The molecule has 3 heteroatoms. The second-order valence-electron chi connectivity index (χ2n) is 4.16. The van der Waals surface area contributed by atoms with Crippen LogP contribution in [0.3, 0.4) is 0 Å². The van der Waals surface area contributed by atoms with E-state index < -0.39 is 0 Å². The molecule has 15 heavy (non-hydrogen) atoms. The Morgan fingerprint density at radius 3 is 2.80 bits per heavy atom. The lowest BCUT2D eigenvalue weighted by molar-refractivity contribution is 0.412. The van der Waals surface area contributed by atoms with Crippen molar-refractivity contribution in [3.8, 4) is 5.75 Å². The molecule has 0 fully saturated rings. The fourth-order valence-corrected chi connectivity index (χ4v) is 1.66. The zero-order valence-corrected chi connectivity index (χ0v) is 9.40. The fraction of sp³-hybridized carbons (Fsp3) is 0.417. The number of nitrogens with zero attached hydrogens (tertiary/aromatic N) is 2. The van der Waals surface area contributed by atoms with Crippen molar-refractivity contribution in [3.63, 3.8) is 0 Å². The van der Waals surface area contributed by atoms with Crippen molar-refractivity contribution in [1.29, 1.82) is 0 Å². The lowest BCUT2D eigenvalue weighted by Crippen LogP contribution is -1.93. The van der Waals surface area contributed by atoms with Crippen LogP contribution in [0.5, 0.6) is 5.75 Å². The van der Waals surface area contributed by atoms with Gasteiger partial charge in [0, 0.05) is 6.20 Å². The number of fused-ring (bicyclic) bond motifs is 1. The van der Waals surface area contributed by atoms with E-state index in [2.05, 4.69) is 25.0 Å². The minimum Gasteiger partial charge on any atom is -0.495 e. The van der Waals surface area contributed by atoms with Crippen molar-refractivity contribution in [2.24, 2.45) is 5.92 Å². The standard InChI is InChI=1S/C12H16N2O/c1-9(2)6-10-7-14-8-11(15-3)4-5-12(14)13-10/h4-5,7-9H,6H2,1-3H3. The Hall–Kier alpha value is -1.51. The first-order chi connectivity index (χ1) is 7.19. The Morgan fingerprint density at radius 2 is 2.13 bits per heavy atom. The molecule has 2 heterocycles. The number of hydrogen-bond acceptors (Lipinski definition) is 2. The number of methoxy groups -OCH3 is 1. The van der Waals surface area contributed by atoms with Crippen LogP contribution in [0.25, 0.3) is 5.65 Å². The smallest absolute Gasteiger partial charge is 0.137 e. The summed E-state index contributed by atoms with van der Waals surface area (Å²) in [5.41, 5.74) is 2.12. The van der Waals surface area contributed by atoms with Crippen molar-refractivity contribution in [2.45, 2.75) is 20.3 Å². The number of pyridine rings is 1. The van der Waals surface area contributed by atoms with Crippen molar-refractivity contribution in [3.05, 3.63) is 30.2 Å². The van der Waals surface area contributed by atoms with Crippen LogP contribution < -0.4 is 4.74 Å². The highest BCUT2D eigenvalue weighted by molar-refractivity contribution is 5.43. The van der Waals surface area contributed by atoms with Gasteiger partial charge in [-0.05, 0) is 24.5 Å². The van der Waals surface area contributed by atoms with E-state index >= 15 is 0 Å². The number of rotatable bonds is 3. The van der Waals surface area contributed by atoms with Gasteiger partial charge in [-0.2, -0.15) is 0 Å². The van der Waals surface area contributed by atoms with E-state index in [1.54, 1.807) is 7.11 Å². The number of ether oxygens (including phenoxy) is 1. The summed E-state index contributed by atoms with van der Waals surface area (Å²) >= 11 is 0. The molecule has 0 atom stereocenters. The molecule has 0 saturated carbocycles. The van der Waals surface area contributed by atoms with Crippen LogP contribution in [0.4, 0.5) is 0 Å². The first-order valence-corrected chi connectivity index (χ1v) is 5.20. The van der Waals surface area contributed by atoms with Crippen LogP contribution in [0, 0.1) is 5.92 Å². The molecule has 2 rings (SSSR count). The monoisotopic (exact) mass is 204 g/mol. The third-order valence-electron chi connectivity index (χ3n) is 2.33. The highest BCUT2D eigenvalue weighted by Crippen LogP contribution is 2.14. The zero-order valence-electron chi connectivity index (χ0n) is 9.40. The van der Waals surface area contributed by atoms with Crippen LogP contribution >= 0.6 is 0 Å². The molecule has 0 bridgehead atoms. The Labute approximate surface area is 89.7 Å². The van der Waals surface area contributed by atoms with Gasteiger partial charge in [0.05, 0.1) is 19.0 Å². The predicted molar refractivity (Wildman–Crippen MR) is 60.3 cm³/mol. The molecular formula is C12H16N2O. The van der Waals surface area contributed by atoms with E-state index in [-0.39, 0.29) is 0 Å². The molecule has 0 N–H and O–H groups in total. The van der Waals surface area contributed by atoms with Crippen molar-refractivity contribution >= 4 is 5.65 Å². The van der Waals surface area contributed by atoms with Gasteiger partial charge in [-0.25, -0.2) is 4.98 Å². The first-order valence-electron chi connectivity index (χ1n) is 5.20. The van der Waals surface area contributed by atoms with Crippen LogP contribution in [0.1, 0.15) is 19.5 Å². The zero-order chi connectivity index (χ0) is 10.8. The second kappa shape index (κ2) is 3.93. The summed E-state index contributed by atoms with van der Waals surface area (Å²) < 4.78 is 7.17. The van der Waals surface area contributed by atoms with E-state index in [0.29, 0.717) is 5.92 Å². The molecule has 2 aromatic heterocycles. The quantitative estimate of drug-likeness (QED) is 0.768. The summed E-state index contributed by atoms with van der Waals surface area (Å²) in [6, 6.07) is 3.91. The highest BCUT2D eigenvalue weighted by atomic mass is 16.5. The summed E-state index contributed by atoms with van der Waals surface area (Å²) in [5, 5.41) is 0. The molecule has 0 spiro atoms. The molecule has 0 aromatic carbocycles. The topological polar surface area (TPSA) is 26.5 Å². The Kier molecular flexibility index (Phi) is 2.62. The lowest BCUT2D eigenvalue weighted by Gasteiger charge is -1.98. The van der Waals surface area contributed by atoms with Crippen LogP contribution in [0.15, 0.2) is 24.5 Å². The van der Waals surface area contributed by atoms with Crippen LogP contribution in [-0.2, 0) is 6.42 Å². The van der Waals surface area contributed by atoms with E-state index in [1.165, 1.54) is 0 Å². The Bertz CT molecular complexity index is 460. The molecule has 0 aliphatic heterocycles. The van der Waals surface area contributed by atoms with Gasteiger partial charge >= 0.3 is 0 Å². The predicted octanol–water partition coefficient (Wildman–Crippen LogP) is 2.54. The summed E-state index contributed by atoms with van der Waals surface area (Å²) in [6.45, 7) is 4.40. The Balaban J connectivity index is 2.37. The van der Waals surface area contributed by atoms with E-state index in [1.807, 2.05) is 22.7 Å². The Morgan fingerprint density at radius 1 is 1.33 bits per heavy atom. The maximum atomic E-state index is 5.16. The third kappa shape index (κ3) is 2.12. The third-order valence-corrected chi connectivity index (χ3v) is 2.33. The number of imidazole rings is 1. The number of hydrogen-bond donors (Lipinski definition) is 0. The summed E-state index contributed by atoms with van der Waals surface area (Å²) in [6.07, 6.45) is 5.04. The maximum Gasteiger partial charge on any atom is 0.137 e. The largest absolute Gasteiger partial charge is 0.495 e. The molecule has 0 unspecified atom stereocenters. The average molecular weight is 204 g/mol. The molecule has 0 aliphatic rings. The van der Waals surface area contributed by atoms with Gasteiger partial charge in [-0.15, -0.1) is 0 Å². The lowest BCUT2D eigenvalue weighted by atomic mass is 10.1. The van der Waals surface area contributed by atoms with E-state index in [4.69, 9.17) is 4.74 Å².